The van der Waals surface area contributed by atoms with E-state index in [1.165, 1.54) is 0 Å². The van der Waals surface area contributed by atoms with Crippen LogP contribution < -0.4 is 0 Å². The highest BCUT2D eigenvalue weighted by Gasteiger charge is 2.25. The van der Waals surface area contributed by atoms with Crippen molar-refractivity contribution in [1.29, 1.82) is 0 Å². The quantitative estimate of drug-likeness (QED) is 0.852. The van der Waals surface area contributed by atoms with Crippen LogP contribution in [0, 0.1) is 0 Å². The van der Waals surface area contributed by atoms with Gasteiger partial charge >= 0.3 is 5.97 Å². The van der Waals surface area contributed by atoms with Gasteiger partial charge in [0.1, 0.15) is 4.83 Å². The van der Waals surface area contributed by atoms with E-state index in [-0.39, 0.29) is 4.83 Å². The van der Waals surface area contributed by atoms with Crippen molar-refractivity contribution in [2.45, 2.75) is 9.65 Å². The Morgan fingerprint density at radius 2 is 1.93 bits per heavy atom. The van der Waals surface area contributed by atoms with Crippen LogP contribution in [0.3, 0.4) is 0 Å². The van der Waals surface area contributed by atoms with Gasteiger partial charge in [-0.2, -0.15) is 0 Å². The Hall–Kier alpha value is -0.0600. The van der Waals surface area contributed by atoms with Gasteiger partial charge in [-0.25, -0.2) is 0 Å². The maximum Gasteiger partial charge on any atom is 0.318 e. The predicted octanol–water partition coefficient (Wildman–Crippen LogP) is 3.62. The Morgan fingerprint density at radius 3 is 2.43 bits per heavy atom. The van der Waals surface area contributed by atoms with Crippen LogP contribution in [0.1, 0.15) is 10.4 Å². The average Bonchev–Trinajstić information content (AvgIpc) is 2.16. The number of carboxylic acids is 1. The molecule has 0 aromatic heterocycles. The van der Waals surface area contributed by atoms with Crippen LogP contribution in [0.2, 0.25) is 5.02 Å². The number of benzene rings is 1. The summed E-state index contributed by atoms with van der Waals surface area (Å²) < 4.78 is 0. The van der Waals surface area contributed by atoms with E-state index in [2.05, 4.69) is 31.9 Å². The van der Waals surface area contributed by atoms with Gasteiger partial charge in [0.05, 0.1) is 4.83 Å². The molecule has 2 atom stereocenters. The largest absolute Gasteiger partial charge is 0.480 e. The zero-order chi connectivity index (χ0) is 10.7. The summed E-state index contributed by atoms with van der Waals surface area (Å²) in [7, 11) is 0. The number of aliphatic carboxylic acids is 1. The maximum atomic E-state index is 10.7. The molecule has 0 unspecified atom stereocenters. The molecule has 1 N–H and O–H groups in total. The average molecular weight is 342 g/mol. The SMILES string of the molecule is O=C(O)[C@@H](Br)[C@@H](Br)c1ccccc1Cl. The molecule has 1 aromatic rings. The topological polar surface area (TPSA) is 37.3 Å². The lowest BCUT2D eigenvalue weighted by atomic mass is 10.1. The van der Waals surface area contributed by atoms with E-state index >= 15 is 0 Å². The number of carbonyl (C=O) groups is 1. The molecule has 76 valence electrons. The Kier molecular flexibility index (Phi) is 4.41. The van der Waals surface area contributed by atoms with Gasteiger partial charge in [-0.3, -0.25) is 4.79 Å². The number of alkyl halides is 2. The van der Waals surface area contributed by atoms with Gasteiger partial charge in [-0.1, -0.05) is 61.7 Å². The second kappa shape index (κ2) is 5.14. The van der Waals surface area contributed by atoms with Gasteiger partial charge in [0, 0.05) is 5.02 Å². The lowest BCUT2D eigenvalue weighted by Gasteiger charge is -2.14. The van der Waals surface area contributed by atoms with Crippen LogP contribution in [0.25, 0.3) is 0 Å². The summed E-state index contributed by atoms with van der Waals surface area (Å²) in [6.45, 7) is 0. The van der Waals surface area contributed by atoms with E-state index < -0.39 is 10.8 Å². The Bertz CT molecular complexity index is 343. The number of carboxylic acid groups (broad SMARTS) is 1. The second-order valence-corrected chi connectivity index (χ2v) is 5.04. The molecule has 0 saturated heterocycles. The summed E-state index contributed by atoms with van der Waals surface area (Å²) in [5, 5.41) is 9.34. The Morgan fingerprint density at radius 1 is 1.36 bits per heavy atom. The van der Waals surface area contributed by atoms with Crippen molar-refractivity contribution < 1.29 is 9.90 Å². The van der Waals surface area contributed by atoms with Crippen molar-refractivity contribution in [2.24, 2.45) is 0 Å². The maximum absolute atomic E-state index is 10.7. The normalized spacial score (nSPS) is 14.8. The highest BCUT2D eigenvalue weighted by Crippen LogP contribution is 2.35. The molecule has 0 aliphatic carbocycles. The number of halogens is 3. The summed E-state index contributed by atoms with van der Waals surface area (Å²) in [6.07, 6.45) is 0. The first-order valence-electron chi connectivity index (χ1n) is 3.79. The van der Waals surface area contributed by atoms with Crippen LogP contribution in [-0.4, -0.2) is 15.9 Å². The molecule has 0 fully saturated rings. The summed E-state index contributed by atoms with van der Waals surface area (Å²) in [4.78, 5) is 9.67. The summed E-state index contributed by atoms with van der Waals surface area (Å²) in [5.41, 5.74) is 0.762. The third-order valence-corrected chi connectivity index (χ3v) is 4.69. The molecule has 1 rings (SSSR count). The highest BCUT2D eigenvalue weighted by molar-refractivity contribution is 9.12. The molecule has 0 heterocycles. The highest BCUT2D eigenvalue weighted by atomic mass is 79.9. The summed E-state index contributed by atoms with van der Waals surface area (Å²) >= 11 is 12.3. The van der Waals surface area contributed by atoms with Crippen LogP contribution in [0.5, 0.6) is 0 Å². The van der Waals surface area contributed by atoms with E-state index in [1.807, 2.05) is 6.07 Å². The molecule has 1 aromatic carbocycles. The molecule has 0 amide bonds. The van der Waals surface area contributed by atoms with Crippen molar-refractivity contribution in [2.75, 3.05) is 0 Å². The minimum Gasteiger partial charge on any atom is -0.480 e. The second-order valence-electron chi connectivity index (χ2n) is 2.66. The Balaban J connectivity index is 2.94. The van der Waals surface area contributed by atoms with Gasteiger partial charge in [-0.05, 0) is 11.6 Å². The smallest absolute Gasteiger partial charge is 0.318 e. The van der Waals surface area contributed by atoms with Crippen molar-refractivity contribution in [3.63, 3.8) is 0 Å². The first-order chi connectivity index (χ1) is 6.54. The molecular weight excluding hydrogens is 335 g/mol. The van der Waals surface area contributed by atoms with Crippen LogP contribution in [-0.2, 0) is 4.79 Å². The number of rotatable bonds is 3. The molecular formula is C9H7Br2ClO2. The molecule has 0 saturated carbocycles. The first-order valence-corrected chi connectivity index (χ1v) is 6.00. The number of hydrogen-bond acceptors (Lipinski definition) is 1. The van der Waals surface area contributed by atoms with Gasteiger partial charge in [0.15, 0.2) is 0 Å². The molecule has 0 aliphatic heterocycles. The van der Waals surface area contributed by atoms with Crippen molar-refractivity contribution in [3.8, 4) is 0 Å². The van der Waals surface area contributed by atoms with Crippen molar-refractivity contribution in [3.05, 3.63) is 34.9 Å². The first kappa shape index (κ1) is 12.0. The molecule has 0 bridgehead atoms. The van der Waals surface area contributed by atoms with Crippen LogP contribution in [0.4, 0.5) is 0 Å². The predicted molar refractivity (Wildman–Crippen MR) is 63.5 cm³/mol. The standard InChI is InChI=1S/C9H7Br2ClO2/c10-7(8(11)9(13)14)5-3-1-2-4-6(5)12/h1-4,7-8H,(H,13,14)/t7-,8-/m0/s1. The molecule has 5 heteroatoms. The van der Waals surface area contributed by atoms with Crippen LogP contribution in [0.15, 0.2) is 24.3 Å². The lowest BCUT2D eigenvalue weighted by Crippen LogP contribution is -2.18. The minimum absolute atomic E-state index is 0.339. The zero-order valence-electron chi connectivity index (χ0n) is 6.95. The molecule has 0 spiro atoms. The van der Waals surface area contributed by atoms with E-state index in [9.17, 15) is 4.79 Å². The Labute approximate surface area is 104 Å². The van der Waals surface area contributed by atoms with Gasteiger partial charge in [0.25, 0.3) is 0 Å². The summed E-state index contributed by atoms with van der Waals surface area (Å²) in [5.74, 6) is -0.924. The van der Waals surface area contributed by atoms with E-state index in [0.29, 0.717) is 5.02 Å². The zero-order valence-corrected chi connectivity index (χ0v) is 10.9. The monoisotopic (exact) mass is 340 g/mol. The van der Waals surface area contributed by atoms with Crippen molar-refractivity contribution >= 4 is 49.4 Å². The van der Waals surface area contributed by atoms with Crippen LogP contribution >= 0.6 is 43.5 Å². The fourth-order valence-corrected chi connectivity index (χ4v) is 2.28. The third-order valence-electron chi connectivity index (χ3n) is 1.70. The minimum atomic E-state index is -0.924. The lowest BCUT2D eigenvalue weighted by molar-refractivity contribution is -0.136. The van der Waals surface area contributed by atoms with Gasteiger partial charge in [-0.15, -0.1) is 0 Å². The van der Waals surface area contributed by atoms with E-state index in [4.69, 9.17) is 16.7 Å². The van der Waals surface area contributed by atoms with E-state index in [1.54, 1.807) is 18.2 Å². The van der Waals surface area contributed by atoms with Gasteiger partial charge < -0.3 is 5.11 Å². The van der Waals surface area contributed by atoms with Gasteiger partial charge in [0.2, 0.25) is 0 Å². The number of hydrogen-bond donors (Lipinski definition) is 1. The summed E-state index contributed by atoms with van der Waals surface area (Å²) in [6, 6.07) is 7.14. The molecule has 0 aliphatic rings. The van der Waals surface area contributed by atoms with Crippen molar-refractivity contribution in [1.82, 2.24) is 0 Å². The van der Waals surface area contributed by atoms with E-state index in [0.717, 1.165) is 5.56 Å². The molecule has 0 radical (unpaired) electrons. The molecule has 14 heavy (non-hydrogen) atoms. The fraction of sp³-hybridized carbons (Fsp3) is 0.222. The fourth-order valence-electron chi connectivity index (χ4n) is 0.982. The third kappa shape index (κ3) is 2.72. The molecule has 2 nitrogen and oxygen atoms in total.